The predicted octanol–water partition coefficient (Wildman–Crippen LogP) is 4.73. The van der Waals surface area contributed by atoms with E-state index in [2.05, 4.69) is 22.0 Å². The lowest BCUT2D eigenvalue weighted by Crippen LogP contribution is -2.44. The van der Waals surface area contributed by atoms with Crippen molar-refractivity contribution in [3.8, 4) is 0 Å². The first-order chi connectivity index (χ1) is 12.9. The Bertz CT molecular complexity index is 808. The molecule has 2 atom stereocenters. The van der Waals surface area contributed by atoms with Crippen LogP contribution in [0, 0.1) is 5.92 Å². The van der Waals surface area contributed by atoms with Gasteiger partial charge >= 0.3 is 6.18 Å². The fourth-order valence-corrected chi connectivity index (χ4v) is 4.51. The molecule has 3 nitrogen and oxygen atoms in total. The Hall–Kier alpha value is -2.21. The van der Waals surface area contributed by atoms with Crippen LogP contribution in [0.5, 0.6) is 0 Å². The molecule has 1 aromatic heterocycles. The highest BCUT2D eigenvalue weighted by Crippen LogP contribution is 2.41. The standard InChI is InChI=1S/C21H21F3N2O/c22-21(23,24)17-8-16(11-25-12-17)20(27)15-9-18-6-7-19(10-15)26(18)13-14-4-2-1-3-5-14/h1-5,8,11-12,15,18-19H,6-7,9-10,13H2. The van der Waals surface area contributed by atoms with Gasteiger partial charge in [-0.15, -0.1) is 0 Å². The van der Waals surface area contributed by atoms with E-state index in [-0.39, 0.29) is 17.3 Å². The van der Waals surface area contributed by atoms with Gasteiger partial charge in [0.15, 0.2) is 5.78 Å². The number of alkyl halides is 3. The van der Waals surface area contributed by atoms with Crippen molar-refractivity contribution in [3.05, 3.63) is 65.5 Å². The number of benzene rings is 1. The topological polar surface area (TPSA) is 33.2 Å². The Balaban J connectivity index is 1.48. The fraction of sp³-hybridized carbons (Fsp3) is 0.429. The second kappa shape index (κ2) is 7.08. The number of rotatable bonds is 4. The maximum absolute atomic E-state index is 12.9. The van der Waals surface area contributed by atoms with Gasteiger partial charge in [0.2, 0.25) is 0 Å². The average molecular weight is 374 g/mol. The van der Waals surface area contributed by atoms with Gasteiger partial charge in [0.05, 0.1) is 5.56 Å². The Morgan fingerprint density at radius 1 is 1.07 bits per heavy atom. The van der Waals surface area contributed by atoms with Crippen molar-refractivity contribution < 1.29 is 18.0 Å². The van der Waals surface area contributed by atoms with E-state index >= 15 is 0 Å². The van der Waals surface area contributed by atoms with Crippen LogP contribution in [0.2, 0.25) is 0 Å². The van der Waals surface area contributed by atoms with E-state index in [1.807, 2.05) is 18.2 Å². The van der Waals surface area contributed by atoms with Crippen LogP contribution in [0.25, 0.3) is 0 Å². The second-order valence-electron chi connectivity index (χ2n) is 7.54. The predicted molar refractivity (Wildman–Crippen MR) is 95.1 cm³/mol. The molecule has 2 fully saturated rings. The van der Waals surface area contributed by atoms with Gasteiger partial charge in [0.25, 0.3) is 0 Å². The summed E-state index contributed by atoms with van der Waals surface area (Å²) in [4.78, 5) is 18.9. The van der Waals surface area contributed by atoms with Gasteiger partial charge in [0.1, 0.15) is 0 Å². The summed E-state index contributed by atoms with van der Waals surface area (Å²) in [6.45, 7) is 0.863. The third-order valence-corrected chi connectivity index (χ3v) is 5.81. The van der Waals surface area contributed by atoms with Crippen LogP contribution in [0.15, 0.2) is 48.8 Å². The molecule has 0 saturated carbocycles. The zero-order chi connectivity index (χ0) is 19.0. The van der Waals surface area contributed by atoms with Gasteiger partial charge in [-0.25, -0.2) is 0 Å². The number of aromatic nitrogens is 1. The molecule has 2 unspecified atom stereocenters. The van der Waals surface area contributed by atoms with E-state index < -0.39 is 11.7 Å². The van der Waals surface area contributed by atoms with Crippen molar-refractivity contribution in [3.63, 3.8) is 0 Å². The third-order valence-electron chi connectivity index (χ3n) is 5.81. The average Bonchev–Trinajstić information content (AvgIpc) is 2.89. The SMILES string of the molecule is O=C(c1cncc(C(F)(F)F)c1)C1CC2CCC(C1)N2Cc1ccccc1. The monoisotopic (exact) mass is 374 g/mol. The number of pyridine rings is 1. The van der Waals surface area contributed by atoms with E-state index in [4.69, 9.17) is 0 Å². The highest BCUT2D eigenvalue weighted by Gasteiger charge is 2.43. The van der Waals surface area contributed by atoms with Crippen molar-refractivity contribution in [2.24, 2.45) is 5.92 Å². The molecule has 0 amide bonds. The Kier molecular flexibility index (Phi) is 4.76. The molecule has 0 aliphatic carbocycles. The van der Waals surface area contributed by atoms with Crippen molar-refractivity contribution in [2.45, 2.75) is 50.5 Å². The maximum atomic E-state index is 12.9. The summed E-state index contributed by atoms with van der Waals surface area (Å²) in [5, 5.41) is 0. The molecule has 0 radical (unpaired) electrons. The summed E-state index contributed by atoms with van der Waals surface area (Å²) in [6, 6.07) is 11.8. The highest BCUT2D eigenvalue weighted by atomic mass is 19.4. The molecular weight excluding hydrogens is 353 g/mol. The number of carbonyl (C=O) groups is 1. The zero-order valence-electron chi connectivity index (χ0n) is 14.8. The summed E-state index contributed by atoms with van der Waals surface area (Å²) in [6.07, 6.45) is 1.04. The maximum Gasteiger partial charge on any atom is 0.417 e. The van der Waals surface area contributed by atoms with Crippen LogP contribution in [-0.2, 0) is 12.7 Å². The lowest BCUT2D eigenvalue weighted by atomic mass is 9.84. The van der Waals surface area contributed by atoms with Crippen LogP contribution < -0.4 is 0 Å². The number of halogens is 3. The summed E-state index contributed by atoms with van der Waals surface area (Å²) in [7, 11) is 0. The smallest absolute Gasteiger partial charge is 0.294 e. The first-order valence-corrected chi connectivity index (χ1v) is 9.28. The number of carbonyl (C=O) groups excluding carboxylic acids is 1. The van der Waals surface area contributed by atoms with E-state index in [0.29, 0.717) is 24.9 Å². The van der Waals surface area contributed by atoms with Gasteiger partial charge in [-0.1, -0.05) is 30.3 Å². The number of piperidine rings is 1. The largest absolute Gasteiger partial charge is 0.417 e. The third kappa shape index (κ3) is 3.76. The molecule has 4 rings (SSSR count). The molecule has 0 N–H and O–H groups in total. The van der Waals surface area contributed by atoms with Crippen LogP contribution >= 0.6 is 0 Å². The minimum atomic E-state index is -4.48. The number of fused-ring (bicyclic) bond motifs is 2. The van der Waals surface area contributed by atoms with E-state index in [0.717, 1.165) is 31.6 Å². The molecule has 2 aliphatic rings. The number of ketones is 1. The fourth-order valence-electron chi connectivity index (χ4n) is 4.51. The lowest BCUT2D eigenvalue weighted by Gasteiger charge is -2.38. The molecular formula is C21H21F3N2O. The van der Waals surface area contributed by atoms with Crippen molar-refractivity contribution in [1.29, 1.82) is 0 Å². The molecule has 2 aromatic rings. The molecule has 3 heterocycles. The van der Waals surface area contributed by atoms with Crippen LogP contribution in [0.1, 0.15) is 47.2 Å². The van der Waals surface area contributed by atoms with Gasteiger partial charge < -0.3 is 0 Å². The Morgan fingerprint density at radius 3 is 2.37 bits per heavy atom. The van der Waals surface area contributed by atoms with Gasteiger partial charge in [0, 0.05) is 42.5 Å². The van der Waals surface area contributed by atoms with Crippen LogP contribution in [0.3, 0.4) is 0 Å². The molecule has 27 heavy (non-hydrogen) atoms. The molecule has 2 saturated heterocycles. The summed E-state index contributed by atoms with van der Waals surface area (Å²) in [5.41, 5.74) is 0.463. The van der Waals surface area contributed by atoms with Crippen molar-refractivity contribution >= 4 is 5.78 Å². The molecule has 2 aliphatic heterocycles. The number of nitrogens with zero attached hydrogens (tertiary/aromatic N) is 2. The normalized spacial score (nSPS) is 25.5. The van der Waals surface area contributed by atoms with E-state index in [9.17, 15) is 18.0 Å². The van der Waals surface area contributed by atoms with E-state index in [1.54, 1.807) is 0 Å². The minimum absolute atomic E-state index is 0.0748. The van der Waals surface area contributed by atoms with Crippen molar-refractivity contribution in [2.75, 3.05) is 0 Å². The second-order valence-corrected chi connectivity index (χ2v) is 7.54. The van der Waals surface area contributed by atoms with Crippen LogP contribution in [0.4, 0.5) is 13.2 Å². The molecule has 0 spiro atoms. The van der Waals surface area contributed by atoms with E-state index in [1.165, 1.54) is 11.8 Å². The van der Waals surface area contributed by atoms with Crippen molar-refractivity contribution in [1.82, 2.24) is 9.88 Å². The number of hydrogen-bond donors (Lipinski definition) is 0. The summed E-state index contributed by atoms with van der Waals surface area (Å²) in [5.74, 6) is -0.426. The molecule has 6 heteroatoms. The quantitative estimate of drug-likeness (QED) is 0.726. The Labute approximate surface area is 156 Å². The summed E-state index contributed by atoms with van der Waals surface area (Å²) < 4.78 is 38.7. The number of Topliss-reactive ketones (excluding diaryl/α,β-unsaturated/α-hetero) is 1. The first kappa shape index (κ1) is 18.2. The zero-order valence-corrected chi connectivity index (χ0v) is 14.8. The molecule has 142 valence electrons. The Morgan fingerprint density at radius 2 is 1.74 bits per heavy atom. The van der Waals surface area contributed by atoms with Gasteiger partial charge in [-0.05, 0) is 37.3 Å². The summed E-state index contributed by atoms with van der Waals surface area (Å²) >= 11 is 0. The van der Waals surface area contributed by atoms with Crippen LogP contribution in [-0.4, -0.2) is 27.8 Å². The molecule has 2 bridgehead atoms. The number of hydrogen-bond acceptors (Lipinski definition) is 3. The lowest BCUT2D eigenvalue weighted by molar-refractivity contribution is -0.137. The van der Waals surface area contributed by atoms with Gasteiger partial charge in [-0.3, -0.25) is 14.7 Å². The molecule has 1 aromatic carbocycles. The highest BCUT2D eigenvalue weighted by molar-refractivity contribution is 5.97. The minimum Gasteiger partial charge on any atom is -0.294 e. The van der Waals surface area contributed by atoms with Gasteiger partial charge in [-0.2, -0.15) is 13.2 Å². The first-order valence-electron chi connectivity index (χ1n) is 9.28.